The van der Waals surface area contributed by atoms with E-state index in [0.717, 1.165) is 25.3 Å². The molecule has 0 saturated heterocycles. The fraction of sp³-hybridized carbons (Fsp3) is 0.571. The van der Waals surface area contributed by atoms with E-state index < -0.39 is 11.9 Å². The Morgan fingerprint density at radius 1 is 1.43 bits per heavy atom. The molecule has 7 heteroatoms. The van der Waals surface area contributed by atoms with E-state index in [1.807, 2.05) is 6.07 Å². The van der Waals surface area contributed by atoms with Gasteiger partial charge in [0, 0.05) is 13.1 Å². The number of anilines is 1. The van der Waals surface area contributed by atoms with Crippen molar-refractivity contribution >= 4 is 5.82 Å². The van der Waals surface area contributed by atoms with Crippen molar-refractivity contribution in [1.29, 1.82) is 5.26 Å². The van der Waals surface area contributed by atoms with Crippen molar-refractivity contribution in [2.45, 2.75) is 31.5 Å². The number of nitrogens with zero attached hydrogens (tertiary/aromatic N) is 3. The Labute approximate surface area is 121 Å². The maximum Gasteiger partial charge on any atom is 0.433 e. The van der Waals surface area contributed by atoms with Gasteiger partial charge in [0.15, 0.2) is 0 Å². The van der Waals surface area contributed by atoms with E-state index in [0.29, 0.717) is 6.54 Å². The normalized spacial score (nSPS) is 22.1. The summed E-state index contributed by atoms with van der Waals surface area (Å²) in [5.74, 6) is 0.301. The maximum atomic E-state index is 12.8. The molecule has 1 aromatic heterocycles. The lowest BCUT2D eigenvalue weighted by Gasteiger charge is -2.31. The molecule has 1 heterocycles. The molecule has 114 valence electrons. The second-order valence-corrected chi connectivity index (χ2v) is 5.28. The summed E-state index contributed by atoms with van der Waals surface area (Å²) < 4.78 is 38.4. The Kier molecular flexibility index (Phi) is 4.37. The largest absolute Gasteiger partial charge is 0.433 e. The molecule has 21 heavy (non-hydrogen) atoms. The summed E-state index contributed by atoms with van der Waals surface area (Å²) in [5.41, 5.74) is 4.88. The summed E-state index contributed by atoms with van der Waals surface area (Å²) in [6.07, 6.45) is -1.74. The van der Waals surface area contributed by atoms with Crippen LogP contribution in [0.15, 0.2) is 12.1 Å². The summed E-state index contributed by atoms with van der Waals surface area (Å²) in [6.45, 7) is 0.482. The van der Waals surface area contributed by atoms with Crippen molar-refractivity contribution in [1.82, 2.24) is 4.98 Å². The molecule has 0 aliphatic heterocycles. The van der Waals surface area contributed by atoms with Gasteiger partial charge >= 0.3 is 6.18 Å². The highest BCUT2D eigenvalue weighted by Gasteiger charge is 2.35. The van der Waals surface area contributed by atoms with Crippen LogP contribution in [-0.4, -0.2) is 24.6 Å². The molecular weight excluding hydrogens is 281 g/mol. The third-order valence-electron chi connectivity index (χ3n) is 4.04. The van der Waals surface area contributed by atoms with Gasteiger partial charge in [-0.05, 0) is 37.4 Å². The predicted octanol–water partition coefficient (Wildman–Crippen LogP) is 2.54. The summed E-state index contributed by atoms with van der Waals surface area (Å²) in [7, 11) is 1.68. The van der Waals surface area contributed by atoms with E-state index in [9.17, 15) is 13.2 Å². The zero-order valence-corrected chi connectivity index (χ0v) is 11.7. The number of aromatic nitrogens is 1. The van der Waals surface area contributed by atoms with Crippen molar-refractivity contribution < 1.29 is 13.2 Å². The van der Waals surface area contributed by atoms with Gasteiger partial charge in [-0.15, -0.1) is 0 Å². The number of rotatable bonds is 3. The second kappa shape index (κ2) is 5.90. The fourth-order valence-corrected chi connectivity index (χ4v) is 2.92. The highest BCUT2D eigenvalue weighted by atomic mass is 19.4. The Hall–Kier alpha value is -1.81. The monoisotopic (exact) mass is 298 g/mol. The third kappa shape index (κ3) is 3.10. The summed E-state index contributed by atoms with van der Waals surface area (Å²) in [5, 5.41) is 9.10. The van der Waals surface area contributed by atoms with E-state index >= 15 is 0 Å². The molecule has 2 N–H and O–H groups in total. The predicted molar refractivity (Wildman–Crippen MR) is 72.5 cm³/mol. The first-order valence-corrected chi connectivity index (χ1v) is 6.79. The van der Waals surface area contributed by atoms with Gasteiger partial charge in [0.25, 0.3) is 0 Å². The second-order valence-electron chi connectivity index (χ2n) is 5.28. The zero-order chi connectivity index (χ0) is 15.6. The first kappa shape index (κ1) is 15.6. The molecule has 2 atom stereocenters. The molecule has 1 saturated carbocycles. The van der Waals surface area contributed by atoms with Crippen molar-refractivity contribution in [2.75, 3.05) is 18.5 Å². The number of hydrogen-bond acceptors (Lipinski definition) is 4. The van der Waals surface area contributed by atoms with Crippen LogP contribution in [0.25, 0.3) is 0 Å². The van der Waals surface area contributed by atoms with Crippen molar-refractivity contribution in [3.05, 3.63) is 23.4 Å². The van der Waals surface area contributed by atoms with Gasteiger partial charge in [0.2, 0.25) is 0 Å². The van der Waals surface area contributed by atoms with Gasteiger partial charge in [0.05, 0.1) is 5.56 Å². The van der Waals surface area contributed by atoms with Crippen LogP contribution in [-0.2, 0) is 6.18 Å². The quantitative estimate of drug-likeness (QED) is 0.931. The topological polar surface area (TPSA) is 65.9 Å². The van der Waals surface area contributed by atoms with Crippen LogP contribution in [0.2, 0.25) is 0 Å². The minimum atomic E-state index is -4.52. The van der Waals surface area contributed by atoms with Crippen LogP contribution in [0.5, 0.6) is 0 Å². The average molecular weight is 298 g/mol. The fourth-order valence-electron chi connectivity index (χ4n) is 2.92. The molecule has 4 nitrogen and oxygen atoms in total. The lowest BCUT2D eigenvalue weighted by atomic mass is 10.0. The van der Waals surface area contributed by atoms with E-state index in [1.54, 1.807) is 11.9 Å². The molecular formula is C14H17F3N4. The number of alkyl halides is 3. The molecule has 2 rings (SSSR count). The summed E-state index contributed by atoms with van der Waals surface area (Å²) in [6, 6.07) is 3.95. The molecule has 0 aromatic carbocycles. The molecule has 2 unspecified atom stereocenters. The molecule has 0 spiro atoms. The first-order valence-electron chi connectivity index (χ1n) is 6.79. The van der Waals surface area contributed by atoms with E-state index in [-0.39, 0.29) is 23.3 Å². The first-order chi connectivity index (χ1) is 9.88. The minimum absolute atomic E-state index is 0.0260. The zero-order valence-electron chi connectivity index (χ0n) is 11.7. The van der Waals surface area contributed by atoms with Crippen LogP contribution < -0.4 is 10.6 Å². The Bertz CT molecular complexity index is 550. The van der Waals surface area contributed by atoms with Crippen LogP contribution in [0.1, 0.15) is 30.5 Å². The molecule has 0 amide bonds. The lowest BCUT2D eigenvalue weighted by Crippen LogP contribution is -2.38. The van der Waals surface area contributed by atoms with Crippen LogP contribution in [0.4, 0.5) is 19.0 Å². The number of halogens is 3. The van der Waals surface area contributed by atoms with Gasteiger partial charge in [0.1, 0.15) is 17.6 Å². The standard InChI is InChI=1S/C14H17F3N4/c1-21(11-4-2-3-9(11)7-18)13-10(8-19)5-6-12(20-13)14(15,16)17/h5-6,9,11H,2-4,7,18H2,1H3. The Morgan fingerprint density at radius 3 is 2.71 bits per heavy atom. The molecule has 1 fully saturated rings. The van der Waals surface area contributed by atoms with Crippen molar-refractivity contribution in [2.24, 2.45) is 11.7 Å². The van der Waals surface area contributed by atoms with Gasteiger partial charge in [-0.25, -0.2) is 4.98 Å². The third-order valence-corrected chi connectivity index (χ3v) is 4.04. The molecule has 1 aliphatic carbocycles. The SMILES string of the molecule is CN(c1nc(C(F)(F)F)ccc1C#N)C1CCCC1CN. The summed E-state index contributed by atoms with van der Waals surface area (Å²) in [4.78, 5) is 5.34. The van der Waals surface area contributed by atoms with Gasteiger partial charge in [-0.1, -0.05) is 6.42 Å². The molecule has 0 radical (unpaired) electrons. The van der Waals surface area contributed by atoms with Crippen molar-refractivity contribution in [3.8, 4) is 6.07 Å². The van der Waals surface area contributed by atoms with Gasteiger partial charge < -0.3 is 10.6 Å². The average Bonchev–Trinajstić information content (AvgIpc) is 2.93. The smallest absolute Gasteiger partial charge is 0.355 e. The van der Waals surface area contributed by atoms with E-state index in [2.05, 4.69) is 4.98 Å². The van der Waals surface area contributed by atoms with Gasteiger partial charge in [-0.3, -0.25) is 0 Å². The number of pyridine rings is 1. The van der Waals surface area contributed by atoms with Crippen LogP contribution in [0.3, 0.4) is 0 Å². The van der Waals surface area contributed by atoms with Crippen LogP contribution in [0, 0.1) is 17.2 Å². The molecule has 1 aliphatic rings. The Morgan fingerprint density at radius 2 is 2.14 bits per heavy atom. The van der Waals surface area contributed by atoms with Crippen molar-refractivity contribution in [3.63, 3.8) is 0 Å². The number of nitrogens with two attached hydrogens (primary N) is 1. The maximum absolute atomic E-state index is 12.8. The van der Waals surface area contributed by atoms with Crippen LogP contribution >= 0.6 is 0 Å². The number of nitriles is 1. The highest BCUT2D eigenvalue weighted by Crippen LogP contribution is 2.34. The Balaban J connectivity index is 2.39. The highest BCUT2D eigenvalue weighted by molar-refractivity contribution is 5.55. The van der Waals surface area contributed by atoms with E-state index in [4.69, 9.17) is 11.0 Å². The molecule has 1 aromatic rings. The summed E-state index contributed by atoms with van der Waals surface area (Å²) >= 11 is 0. The lowest BCUT2D eigenvalue weighted by molar-refractivity contribution is -0.141. The molecule has 0 bridgehead atoms. The number of hydrogen-bond donors (Lipinski definition) is 1. The minimum Gasteiger partial charge on any atom is -0.355 e. The van der Waals surface area contributed by atoms with E-state index in [1.165, 1.54) is 6.07 Å². The van der Waals surface area contributed by atoms with Gasteiger partial charge in [-0.2, -0.15) is 18.4 Å².